The van der Waals surface area contributed by atoms with Crippen LogP contribution in [0, 0.1) is 0 Å². The van der Waals surface area contributed by atoms with E-state index in [1.54, 1.807) is 5.01 Å². The summed E-state index contributed by atoms with van der Waals surface area (Å²) in [4.78, 5) is 29.3. The van der Waals surface area contributed by atoms with Crippen molar-refractivity contribution in [1.29, 1.82) is 0 Å². The molecule has 2 heterocycles. The molecule has 7 heteroatoms. The largest absolute Gasteiger partial charge is 0.324 e. The lowest BCUT2D eigenvalue weighted by Crippen LogP contribution is -2.61. The molecule has 3 N–H and O–H groups in total. The molecule has 0 bridgehead atoms. The van der Waals surface area contributed by atoms with Gasteiger partial charge in [-0.3, -0.25) is 20.3 Å². The van der Waals surface area contributed by atoms with E-state index < -0.39 is 6.04 Å². The molecule has 4 rings (SSSR count). The molecule has 0 aliphatic carbocycles. The van der Waals surface area contributed by atoms with Crippen LogP contribution in [0.2, 0.25) is 0 Å². The quantitative estimate of drug-likeness (QED) is 0.775. The molecule has 1 saturated heterocycles. The molecule has 1 atom stereocenters. The van der Waals surface area contributed by atoms with Crippen LogP contribution < -0.4 is 16.1 Å². The number of fused-ring (bicyclic) bond motifs is 2. The van der Waals surface area contributed by atoms with Crippen molar-refractivity contribution in [2.24, 2.45) is 4.99 Å². The summed E-state index contributed by atoms with van der Waals surface area (Å²) in [6.45, 7) is 3.83. The number of amides is 2. The Morgan fingerprint density at radius 1 is 1.19 bits per heavy atom. The highest BCUT2D eigenvalue weighted by Crippen LogP contribution is 2.25. The number of anilines is 1. The van der Waals surface area contributed by atoms with Crippen molar-refractivity contribution in [2.75, 3.05) is 5.32 Å². The summed E-state index contributed by atoms with van der Waals surface area (Å²) in [6.07, 6.45) is 0.0542. The van der Waals surface area contributed by atoms with E-state index in [4.69, 9.17) is 0 Å². The average molecular weight is 349 g/mol. The van der Waals surface area contributed by atoms with Crippen LogP contribution in [0.4, 0.5) is 5.69 Å². The first-order chi connectivity index (χ1) is 12.5. The lowest BCUT2D eigenvalue weighted by molar-refractivity contribution is -0.129. The lowest BCUT2D eigenvalue weighted by atomic mass is 10.1. The molecule has 2 aliphatic rings. The summed E-state index contributed by atoms with van der Waals surface area (Å²) in [7, 11) is 0. The van der Waals surface area contributed by atoms with Crippen LogP contribution in [0.15, 0.2) is 58.9 Å². The van der Waals surface area contributed by atoms with Crippen molar-refractivity contribution in [3.63, 3.8) is 0 Å². The van der Waals surface area contributed by atoms with Crippen LogP contribution in [-0.2, 0) is 9.59 Å². The van der Waals surface area contributed by atoms with Gasteiger partial charge in [-0.05, 0) is 30.9 Å². The first-order valence-electron chi connectivity index (χ1n) is 8.43. The highest BCUT2D eigenvalue weighted by Gasteiger charge is 2.39. The predicted octanol–water partition coefficient (Wildman–Crippen LogP) is 2.09. The molecule has 1 unspecified atom stereocenters. The molecule has 7 nitrogen and oxygen atoms in total. The van der Waals surface area contributed by atoms with Crippen LogP contribution in [0.1, 0.15) is 20.3 Å². The number of hydrogen-bond donors (Lipinski definition) is 3. The van der Waals surface area contributed by atoms with Gasteiger partial charge in [0.1, 0.15) is 11.9 Å². The fraction of sp³-hybridized carbons (Fsp3) is 0.211. The Labute approximate surface area is 150 Å². The van der Waals surface area contributed by atoms with Gasteiger partial charge in [0.05, 0.1) is 6.42 Å². The Balaban J connectivity index is 1.62. The van der Waals surface area contributed by atoms with E-state index in [0.29, 0.717) is 11.8 Å². The normalized spacial score (nSPS) is 18.8. The number of benzene rings is 2. The van der Waals surface area contributed by atoms with E-state index in [9.17, 15) is 9.59 Å². The molecule has 1 fully saturated rings. The van der Waals surface area contributed by atoms with Gasteiger partial charge < -0.3 is 5.32 Å². The summed E-state index contributed by atoms with van der Waals surface area (Å²) in [6, 6.07) is 12.9. The Morgan fingerprint density at radius 3 is 2.77 bits per heavy atom. The van der Waals surface area contributed by atoms with Crippen molar-refractivity contribution < 1.29 is 9.59 Å². The van der Waals surface area contributed by atoms with Gasteiger partial charge in [0.15, 0.2) is 0 Å². The van der Waals surface area contributed by atoms with Crippen molar-refractivity contribution in [3.05, 3.63) is 53.9 Å². The molecular formula is C19H19N5O2. The van der Waals surface area contributed by atoms with Crippen molar-refractivity contribution >= 4 is 34.2 Å². The first-order valence-corrected chi connectivity index (χ1v) is 8.43. The predicted molar refractivity (Wildman–Crippen MR) is 99.9 cm³/mol. The number of guanidine groups is 1. The zero-order valence-electron chi connectivity index (χ0n) is 14.5. The topological polar surface area (TPSA) is 85.8 Å². The van der Waals surface area contributed by atoms with Gasteiger partial charge in [-0.25, -0.2) is 5.01 Å². The maximum absolute atomic E-state index is 12.9. The fourth-order valence-corrected chi connectivity index (χ4v) is 3.09. The van der Waals surface area contributed by atoms with Crippen LogP contribution in [0.3, 0.4) is 0 Å². The molecule has 0 aromatic heterocycles. The standard InChI is InChI=1S/C19H19N5O2/c1-11(2)17-22-19-21-16(25)10-15(24(19)23-17)18(26)20-14-9-5-7-12-6-3-4-8-13(12)14/h3-9,15,23H,10H2,1-2H3,(H,20,26)(H,21,22,25). The molecule has 132 valence electrons. The van der Waals surface area contributed by atoms with Crippen LogP contribution in [0.25, 0.3) is 10.8 Å². The Bertz CT molecular complexity index is 970. The summed E-state index contributed by atoms with van der Waals surface area (Å²) >= 11 is 0. The highest BCUT2D eigenvalue weighted by molar-refractivity contribution is 6.10. The molecule has 2 aromatic rings. The molecule has 2 aromatic carbocycles. The Kier molecular flexibility index (Phi) is 3.84. The van der Waals surface area contributed by atoms with E-state index in [-0.39, 0.29) is 18.2 Å². The third kappa shape index (κ3) is 2.77. The Hall–Kier alpha value is -3.35. The Morgan fingerprint density at radius 2 is 1.96 bits per heavy atom. The second-order valence-electron chi connectivity index (χ2n) is 6.55. The van der Waals surface area contributed by atoms with Crippen molar-refractivity contribution in [3.8, 4) is 0 Å². The minimum absolute atomic E-state index is 0.0542. The summed E-state index contributed by atoms with van der Waals surface area (Å²) < 4.78 is 0. The zero-order valence-corrected chi connectivity index (χ0v) is 14.5. The van der Waals surface area contributed by atoms with E-state index in [1.165, 1.54) is 0 Å². The van der Waals surface area contributed by atoms with Crippen LogP contribution in [0.5, 0.6) is 0 Å². The third-order valence-corrected chi connectivity index (χ3v) is 4.44. The SMILES string of the molecule is CC(C)=C1N=C2NC(=O)CC(C(=O)Nc3cccc4ccccc34)N2N1. The van der Waals surface area contributed by atoms with Crippen LogP contribution in [-0.4, -0.2) is 28.8 Å². The van der Waals surface area contributed by atoms with Gasteiger partial charge in [-0.2, -0.15) is 4.99 Å². The van der Waals surface area contributed by atoms with E-state index in [2.05, 4.69) is 21.1 Å². The van der Waals surface area contributed by atoms with E-state index >= 15 is 0 Å². The van der Waals surface area contributed by atoms with Gasteiger partial charge in [0.2, 0.25) is 17.8 Å². The number of rotatable bonds is 2. The smallest absolute Gasteiger partial charge is 0.249 e. The number of carbonyl (C=O) groups is 2. The van der Waals surface area contributed by atoms with Gasteiger partial charge in [0.25, 0.3) is 0 Å². The molecule has 0 saturated carbocycles. The number of carbonyl (C=O) groups excluding carboxylic acids is 2. The first kappa shape index (κ1) is 16.1. The van der Waals surface area contributed by atoms with Gasteiger partial charge >= 0.3 is 0 Å². The van der Waals surface area contributed by atoms with Crippen molar-refractivity contribution in [2.45, 2.75) is 26.3 Å². The third-order valence-electron chi connectivity index (χ3n) is 4.44. The summed E-state index contributed by atoms with van der Waals surface area (Å²) in [5, 5.41) is 9.27. The zero-order chi connectivity index (χ0) is 18.3. The molecule has 0 radical (unpaired) electrons. The van der Waals surface area contributed by atoms with Gasteiger partial charge in [-0.15, -0.1) is 0 Å². The monoisotopic (exact) mass is 349 g/mol. The number of aliphatic imine (C=N–C) groups is 1. The summed E-state index contributed by atoms with van der Waals surface area (Å²) in [5.41, 5.74) is 4.79. The van der Waals surface area contributed by atoms with Crippen molar-refractivity contribution in [1.82, 2.24) is 15.8 Å². The number of allylic oxidation sites excluding steroid dienone is 1. The fourth-order valence-electron chi connectivity index (χ4n) is 3.09. The van der Waals surface area contributed by atoms with E-state index in [1.807, 2.05) is 56.3 Å². The lowest BCUT2D eigenvalue weighted by Gasteiger charge is -2.32. The minimum atomic E-state index is -0.682. The molecule has 2 aliphatic heterocycles. The molecule has 2 amide bonds. The van der Waals surface area contributed by atoms with E-state index in [0.717, 1.165) is 22.0 Å². The number of hydrogen-bond acceptors (Lipinski definition) is 5. The average Bonchev–Trinajstić information content (AvgIpc) is 3.05. The van der Waals surface area contributed by atoms with Crippen LogP contribution >= 0.6 is 0 Å². The molecule has 26 heavy (non-hydrogen) atoms. The number of nitrogens with one attached hydrogen (secondary N) is 3. The number of hydrazine groups is 1. The maximum Gasteiger partial charge on any atom is 0.249 e. The van der Waals surface area contributed by atoms with Gasteiger partial charge in [0, 0.05) is 11.1 Å². The highest BCUT2D eigenvalue weighted by atomic mass is 16.2. The molecule has 0 spiro atoms. The molecular weight excluding hydrogens is 330 g/mol. The second kappa shape index (κ2) is 6.18. The summed E-state index contributed by atoms with van der Waals surface area (Å²) in [5.74, 6) is 0.516. The number of nitrogens with zero attached hydrogens (tertiary/aromatic N) is 2. The van der Waals surface area contributed by atoms with Gasteiger partial charge in [-0.1, -0.05) is 36.4 Å². The maximum atomic E-state index is 12.9. The second-order valence-corrected chi connectivity index (χ2v) is 6.55. The minimum Gasteiger partial charge on any atom is -0.324 e.